The van der Waals surface area contributed by atoms with E-state index < -0.39 is 0 Å². The van der Waals surface area contributed by atoms with Crippen molar-refractivity contribution in [1.82, 2.24) is 20.5 Å². The van der Waals surface area contributed by atoms with E-state index >= 15 is 0 Å². The van der Waals surface area contributed by atoms with Gasteiger partial charge in [-0.15, -0.1) is 11.3 Å². The molecule has 0 radical (unpaired) electrons. The number of guanidine groups is 1. The molecule has 0 aliphatic rings. The predicted molar refractivity (Wildman–Crippen MR) is 128 cm³/mol. The smallest absolute Gasteiger partial charge is 0.350 e. The van der Waals surface area contributed by atoms with Gasteiger partial charge in [0.15, 0.2) is 5.96 Å². The highest BCUT2D eigenvalue weighted by Gasteiger charge is 2.20. The number of thiazole rings is 1. The van der Waals surface area contributed by atoms with Crippen molar-refractivity contribution in [2.24, 2.45) is 4.99 Å². The van der Waals surface area contributed by atoms with Crippen LogP contribution in [0.5, 0.6) is 0 Å². The van der Waals surface area contributed by atoms with Gasteiger partial charge >= 0.3 is 5.97 Å². The summed E-state index contributed by atoms with van der Waals surface area (Å²) >= 11 is 1.36. The predicted octanol–water partition coefficient (Wildman–Crippen LogP) is 3.90. The van der Waals surface area contributed by atoms with Crippen LogP contribution in [0, 0.1) is 6.92 Å². The van der Waals surface area contributed by atoms with E-state index in [1.165, 1.54) is 22.5 Å². The third-order valence-electron chi connectivity index (χ3n) is 5.00. The van der Waals surface area contributed by atoms with Gasteiger partial charge in [0.05, 0.1) is 18.3 Å². The molecule has 0 bridgehead atoms. The fourth-order valence-corrected chi connectivity index (χ4v) is 4.07. The van der Waals surface area contributed by atoms with Gasteiger partial charge in [0.1, 0.15) is 9.88 Å². The van der Waals surface area contributed by atoms with E-state index in [0.29, 0.717) is 29.7 Å². The maximum absolute atomic E-state index is 12.0. The van der Waals surface area contributed by atoms with Crippen molar-refractivity contribution >= 4 is 23.3 Å². The van der Waals surface area contributed by atoms with Crippen LogP contribution in [0.3, 0.4) is 0 Å². The number of ether oxygens (including phenoxy) is 1. The molecule has 31 heavy (non-hydrogen) atoms. The minimum atomic E-state index is -0.317. The number of carbonyl (C=O) groups excluding carboxylic acids is 1. The van der Waals surface area contributed by atoms with Crippen LogP contribution < -0.4 is 10.6 Å². The van der Waals surface area contributed by atoms with Crippen molar-refractivity contribution in [3.8, 4) is 0 Å². The SMILES string of the molecule is CCOC(=O)c1sc(C(C)NC(=NC)NCc2ccc(CN(CC)CC)cc2)nc1C. The van der Waals surface area contributed by atoms with E-state index in [0.717, 1.165) is 24.6 Å². The second kappa shape index (κ2) is 12.4. The Morgan fingerprint density at radius 1 is 1.19 bits per heavy atom. The number of esters is 1. The van der Waals surface area contributed by atoms with Crippen LogP contribution in [0.2, 0.25) is 0 Å². The summed E-state index contributed by atoms with van der Waals surface area (Å²) < 4.78 is 5.11. The maximum Gasteiger partial charge on any atom is 0.350 e. The Hall–Kier alpha value is -2.45. The molecular formula is C23H35N5O2S. The van der Waals surface area contributed by atoms with Gasteiger partial charge in [-0.2, -0.15) is 0 Å². The van der Waals surface area contributed by atoms with E-state index in [1.54, 1.807) is 14.0 Å². The molecule has 1 atom stereocenters. The lowest BCUT2D eigenvalue weighted by Gasteiger charge is -2.18. The molecule has 0 fully saturated rings. The molecule has 1 unspecified atom stereocenters. The van der Waals surface area contributed by atoms with E-state index in [9.17, 15) is 4.79 Å². The topological polar surface area (TPSA) is 78.8 Å². The lowest BCUT2D eigenvalue weighted by Crippen LogP contribution is -2.38. The molecule has 1 heterocycles. The molecule has 170 valence electrons. The van der Waals surface area contributed by atoms with Gasteiger partial charge in [0.2, 0.25) is 0 Å². The second-order valence-electron chi connectivity index (χ2n) is 7.26. The molecule has 8 heteroatoms. The lowest BCUT2D eigenvalue weighted by molar-refractivity contribution is 0.0531. The molecule has 0 spiro atoms. The summed E-state index contributed by atoms with van der Waals surface area (Å²) in [6.45, 7) is 14.1. The quantitative estimate of drug-likeness (QED) is 0.328. The number of benzene rings is 1. The summed E-state index contributed by atoms with van der Waals surface area (Å²) in [6, 6.07) is 8.58. The molecule has 2 rings (SSSR count). The van der Waals surface area contributed by atoms with Gasteiger partial charge in [-0.3, -0.25) is 9.89 Å². The second-order valence-corrected chi connectivity index (χ2v) is 8.29. The van der Waals surface area contributed by atoms with Crippen LogP contribution in [0.25, 0.3) is 0 Å². The molecular weight excluding hydrogens is 410 g/mol. The summed E-state index contributed by atoms with van der Waals surface area (Å²) in [5.41, 5.74) is 3.20. The standard InChI is InChI=1S/C23H35N5O2S/c1-7-28(8-2)15-19-12-10-18(11-13-19)14-25-23(24-6)27-17(5)21-26-16(4)20(31-21)22(29)30-9-3/h10-13,17H,7-9,14-15H2,1-6H3,(H2,24,25,27). The fraction of sp³-hybridized carbons (Fsp3) is 0.522. The zero-order chi connectivity index (χ0) is 22.8. The Bertz CT molecular complexity index is 859. The van der Waals surface area contributed by atoms with Crippen molar-refractivity contribution in [2.75, 3.05) is 26.7 Å². The van der Waals surface area contributed by atoms with Crippen LogP contribution in [-0.2, 0) is 17.8 Å². The average Bonchev–Trinajstić information content (AvgIpc) is 3.17. The van der Waals surface area contributed by atoms with Crippen LogP contribution in [-0.4, -0.2) is 48.6 Å². The minimum Gasteiger partial charge on any atom is -0.462 e. The number of aromatic nitrogens is 1. The Morgan fingerprint density at radius 3 is 2.42 bits per heavy atom. The molecule has 1 aromatic heterocycles. The first-order chi connectivity index (χ1) is 14.9. The molecule has 1 aromatic carbocycles. The van der Waals surface area contributed by atoms with Crippen molar-refractivity contribution < 1.29 is 9.53 Å². The third-order valence-corrected chi connectivity index (χ3v) is 6.32. The van der Waals surface area contributed by atoms with Crippen LogP contribution in [0.1, 0.15) is 65.2 Å². The van der Waals surface area contributed by atoms with Gasteiger partial charge in [0, 0.05) is 20.1 Å². The van der Waals surface area contributed by atoms with E-state index in [2.05, 4.69) is 63.6 Å². The molecule has 0 saturated carbocycles. The summed E-state index contributed by atoms with van der Waals surface area (Å²) in [5.74, 6) is 0.369. The highest BCUT2D eigenvalue weighted by molar-refractivity contribution is 7.13. The van der Waals surface area contributed by atoms with Crippen LogP contribution >= 0.6 is 11.3 Å². The van der Waals surface area contributed by atoms with E-state index in [-0.39, 0.29) is 12.0 Å². The summed E-state index contributed by atoms with van der Waals surface area (Å²) in [5, 5.41) is 7.52. The molecule has 2 N–H and O–H groups in total. The van der Waals surface area contributed by atoms with Crippen molar-refractivity contribution in [3.05, 3.63) is 51.0 Å². The molecule has 0 aliphatic carbocycles. The number of nitrogens with one attached hydrogen (secondary N) is 2. The number of nitrogens with zero attached hydrogens (tertiary/aromatic N) is 3. The van der Waals surface area contributed by atoms with Crippen molar-refractivity contribution in [2.45, 2.75) is 53.8 Å². The number of rotatable bonds is 10. The number of hydrogen-bond acceptors (Lipinski definition) is 6. The Labute approximate surface area is 189 Å². The van der Waals surface area contributed by atoms with Crippen molar-refractivity contribution in [3.63, 3.8) is 0 Å². The third kappa shape index (κ3) is 7.33. The van der Waals surface area contributed by atoms with Gasteiger partial charge in [-0.1, -0.05) is 38.1 Å². The summed E-state index contributed by atoms with van der Waals surface area (Å²) in [4.78, 5) is 23.8. The summed E-state index contributed by atoms with van der Waals surface area (Å²) in [6.07, 6.45) is 0. The van der Waals surface area contributed by atoms with Gasteiger partial charge < -0.3 is 15.4 Å². The molecule has 7 nitrogen and oxygen atoms in total. The molecule has 0 amide bonds. The first-order valence-electron chi connectivity index (χ1n) is 10.8. The number of aliphatic imine (C=N–C) groups is 1. The zero-order valence-corrected chi connectivity index (χ0v) is 20.3. The van der Waals surface area contributed by atoms with Gasteiger partial charge in [0.25, 0.3) is 0 Å². The Kier molecular flexibility index (Phi) is 9.94. The molecule has 2 aromatic rings. The van der Waals surface area contributed by atoms with Crippen LogP contribution in [0.4, 0.5) is 0 Å². The van der Waals surface area contributed by atoms with Crippen molar-refractivity contribution in [1.29, 1.82) is 0 Å². The normalized spacial score (nSPS) is 12.7. The Balaban J connectivity index is 1.92. The molecule has 0 saturated heterocycles. The maximum atomic E-state index is 12.0. The molecule has 0 aliphatic heterocycles. The zero-order valence-electron chi connectivity index (χ0n) is 19.5. The summed E-state index contributed by atoms with van der Waals surface area (Å²) in [7, 11) is 1.74. The lowest BCUT2D eigenvalue weighted by atomic mass is 10.1. The first-order valence-corrected chi connectivity index (χ1v) is 11.6. The fourth-order valence-electron chi connectivity index (χ4n) is 3.10. The van der Waals surface area contributed by atoms with Gasteiger partial charge in [-0.05, 0) is 45.0 Å². The van der Waals surface area contributed by atoms with Gasteiger partial charge in [-0.25, -0.2) is 9.78 Å². The highest BCUT2D eigenvalue weighted by atomic mass is 32.1. The monoisotopic (exact) mass is 445 g/mol. The number of carbonyl (C=O) groups is 1. The van der Waals surface area contributed by atoms with Crippen LogP contribution in [0.15, 0.2) is 29.3 Å². The number of hydrogen-bond donors (Lipinski definition) is 2. The minimum absolute atomic E-state index is 0.0884. The Morgan fingerprint density at radius 2 is 1.84 bits per heavy atom. The average molecular weight is 446 g/mol. The highest BCUT2D eigenvalue weighted by Crippen LogP contribution is 2.24. The first kappa shape index (κ1) is 24.8. The number of aryl methyl sites for hydroxylation is 1. The van der Waals surface area contributed by atoms with E-state index in [1.807, 2.05) is 13.8 Å². The largest absolute Gasteiger partial charge is 0.462 e. The van der Waals surface area contributed by atoms with E-state index in [4.69, 9.17) is 4.74 Å².